The van der Waals surface area contributed by atoms with Gasteiger partial charge in [0.1, 0.15) is 5.82 Å². The Labute approximate surface area is 118 Å². The van der Waals surface area contributed by atoms with Crippen molar-refractivity contribution in [2.75, 3.05) is 13.2 Å². The van der Waals surface area contributed by atoms with E-state index < -0.39 is 0 Å². The lowest BCUT2D eigenvalue weighted by molar-refractivity contribution is -0.121. The predicted octanol–water partition coefficient (Wildman–Crippen LogP) is 1.24. The Morgan fingerprint density at radius 2 is 2.20 bits per heavy atom. The summed E-state index contributed by atoms with van der Waals surface area (Å²) in [6.45, 7) is 3.28. The topological polar surface area (TPSA) is 64.3 Å². The molecule has 0 aliphatic carbocycles. The molecule has 110 valence electrons. The van der Waals surface area contributed by atoms with Crippen molar-refractivity contribution in [1.29, 1.82) is 0 Å². The maximum Gasteiger partial charge on any atom is 0.222 e. The van der Waals surface area contributed by atoms with Gasteiger partial charge >= 0.3 is 0 Å². The van der Waals surface area contributed by atoms with Gasteiger partial charge in [-0.15, -0.1) is 0 Å². The van der Waals surface area contributed by atoms with E-state index in [1.165, 1.54) is 12.1 Å². The first-order chi connectivity index (χ1) is 9.56. The van der Waals surface area contributed by atoms with Gasteiger partial charge in [-0.3, -0.25) is 4.79 Å². The fourth-order valence-corrected chi connectivity index (χ4v) is 2.47. The molecule has 0 saturated carbocycles. The SMILES string of the molecule is C[C@@H]1OCC[C@H]1NC[C@@H](Cc1ccc(F)cc1)C(N)=O. The van der Waals surface area contributed by atoms with E-state index in [1.54, 1.807) is 12.1 Å². The molecule has 20 heavy (non-hydrogen) atoms. The van der Waals surface area contributed by atoms with Crippen LogP contribution in [0, 0.1) is 11.7 Å². The molecule has 0 aromatic heterocycles. The summed E-state index contributed by atoms with van der Waals surface area (Å²) in [5.41, 5.74) is 6.36. The molecule has 1 aliphatic heterocycles. The molecule has 1 heterocycles. The Morgan fingerprint density at radius 3 is 2.75 bits per heavy atom. The van der Waals surface area contributed by atoms with Crippen molar-refractivity contribution in [2.45, 2.75) is 31.9 Å². The number of halogens is 1. The molecular weight excluding hydrogens is 259 g/mol. The zero-order chi connectivity index (χ0) is 14.5. The van der Waals surface area contributed by atoms with Gasteiger partial charge in [0.25, 0.3) is 0 Å². The van der Waals surface area contributed by atoms with Crippen LogP contribution in [0.3, 0.4) is 0 Å². The zero-order valence-corrected chi connectivity index (χ0v) is 11.6. The van der Waals surface area contributed by atoms with Crippen molar-refractivity contribution in [3.8, 4) is 0 Å². The monoisotopic (exact) mass is 280 g/mol. The molecule has 3 atom stereocenters. The zero-order valence-electron chi connectivity index (χ0n) is 11.6. The molecular formula is C15H21FN2O2. The average Bonchev–Trinajstić information content (AvgIpc) is 2.82. The molecule has 0 unspecified atom stereocenters. The van der Waals surface area contributed by atoms with E-state index in [9.17, 15) is 9.18 Å². The van der Waals surface area contributed by atoms with Crippen LogP contribution in [0.25, 0.3) is 0 Å². The fraction of sp³-hybridized carbons (Fsp3) is 0.533. The van der Waals surface area contributed by atoms with Crippen LogP contribution >= 0.6 is 0 Å². The summed E-state index contributed by atoms with van der Waals surface area (Å²) in [6, 6.07) is 6.44. The van der Waals surface area contributed by atoms with Crippen LogP contribution in [0.1, 0.15) is 18.9 Å². The third-order valence-electron chi connectivity index (χ3n) is 3.80. The summed E-state index contributed by atoms with van der Waals surface area (Å²) in [5, 5.41) is 3.34. The van der Waals surface area contributed by atoms with E-state index in [2.05, 4.69) is 5.32 Å². The lowest BCUT2D eigenvalue weighted by Crippen LogP contribution is -2.42. The number of nitrogens with one attached hydrogen (secondary N) is 1. The van der Waals surface area contributed by atoms with E-state index in [1.807, 2.05) is 6.92 Å². The highest BCUT2D eigenvalue weighted by molar-refractivity contribution is 5.77. The smallest absolute Gasteiger partial charge is 0.222 e. The first kappa shape index (κ1) is 14.9. The second-order valence-electron chi connectivity index (χ2n) is 5.31. The van der Waals surface area contributed by atoms with Crippen LogP contribution in [0.2, 0.25) is 0 Å². The van der Waals surface area contributed by atoms with E-state index in [4.69, 9.17) is 10.5 Å². The molecule has 1 fully saturated rings. The molecule has 5 heteroatoms. The van der Waals surface area contributed by atoms with Crippen LogP contribution in [-0.4, -0.2) is 31.2 Å². The van der Waals surface area contributed by atoms with Gasteiger partial charge in [-0.2, -0.15) is 0 Å². The maximum atomic E-state index is 12.9. The van der Waals surface area contributed by atoms with Crippen LogP contribution < -0.4 is 11.1 Å². The summed E-state index contributed by atoms with van der Waals surface area (Å²) in [6.07, 6.45) is 1.63. The quantitative estimate of drug-likeness (QED) is 0.824. The Hall–Kier alpha value is -1.46. The minimum absolute atomic E-state index is 0.161. The fourth-order valence-electron chi connectivity index (χ4n) is 2.47. The van der Waals surface area contributed by atoms with Gasteiger partial charge in [0, 0.05) is 19.2 Å². The Morgan fingerprint density at radius 1 is 1.50 bits per heavy atom. The third kappa shape index (κ3) is 4.02. The Kier molecular flexibility index (Phi) is 5.09. The summed E-state index contributed by atoms with van der Waals surface area (Å²) >= 11 is 0. The van der Waals surface area contributed by atoms with E-state index in [0.717, 1.165) is 18.6 Å². The van der Waals surface area contributed by atoms with Crippen LogP contribution in [0.5, 0.6) is 0 Å². The molecule has 4 nitrogen and oxygen atoms in total. The molecule has 0 radical (unpaired) electrons. The van der Waals surface area contributed by atoms with Gasteiger partial charge in [-0.1, -0.05) is 12.1 Å². The summed E-state index contributed by atoms with van der Waals surface area (Å²) < 4.78 is 18.3. The highest BCUT2D eigenvalue weighted by Crippen LogP contribution is 2.14. The van der Waals surface area contributed by atoms with Crippen molar-refractivity contribution in [3.63, 3.8) is 0 Å². The largest absolute Gasteiger partial charge is 0.377 e. The first-order valence-electron chi connectivity index (χ1n) is 6.95. The van der Waals surface area contributed by atoms with Crippen molar-refractivity contribution in [2.24, 2.45) is 11.7 Å². The van der Waals surface area contributed by atoms with E-state index in [-0.39, 0.29) is 29.8 Å². The van der Waals surface area contributed by atoms with Gasteiger partial charge in [-0.25, -0.2) is 4.39 Å². The van der Waals surface area contributed by atoms with E-state index >= 15 is 0 Å². The normalized spacial score (nSPS) is 23.7. The van der Waals surface area contributed by atoms with Gasteiger partial charge < -0.3 is 15.8 Å². The number of amides is 1. The average molecular weight is 280 g/mol. The van der Waals surface area contributed by atoms with Crippen molar-refractivity contribution < 1.29 is 13.9 Å². The number of carbonyl (C=O) groups excluding carboxylic acids is 1. The van der Waals surface area contributed by atoms with Crippen molar-refractivity contribution in [1.82, 2.24) is 5.32 Å². The molecule has 1 amide bonds. The highest BCUT2D eigenvalue weighted by atomic mass is 19.1. The molecule has 1 aliphatic rings. The van der Waals surface area contributed by atoms with Crippen LogP contribution in [0.15, 0.2) is 24.3 Å². The summed E-state index contributed by atoms with van der Waals surface area (Å²) in [7, 11) is 0. The second-order valence-corrected chi connectivity index (χ2v) is 5.31. The molecule has 1 aromatic rings. The number of nitrogens with two attached hydrogens (primary N) is 1. The molecule has 3 N–H and O–H groups in total. The molecule has 1 saturated heterocycles. The Bertz CT molecular complexity index is 450. The first-order valence-corrected chi connectivity index (χ1v) is 6.95. The number of ether oxygens (including phenoxy) is 1. The minimum atomic E-state index is -0.339. The van der Waals surface area contributed by atoms with Gasteiger partial charge in [0.15, 0.2) is 0 Å². The summed E-state index contributed by atoms with van der Waals surface area (Å²) in [4.78, 5) is 11.5. The lowest BCUT2D eigenvalue weighted by atomic mass is 9.98. The second kappa shape index (κ2) is 6.81. The highest BCUT2D eigenvalue weighted by Gasteiger charge is 2.25. The number of primary amides is 1. The standard InChI is InChI=1S/C15H21FN2O2/c1-10-14(6-7-20-10)18-9-12(15(17)19)8-11-2-4-13(16)5-3-11/h2-5,10,12,14,18H,6-9H2,1H3,(H2,17,19)/t10-,12+,14+/m0/s1. The number of rotatable bonds is 6. The van der Waals surface area contributed by atoms with Gasteiger partial charge in [0.2, 0.25) is 5.91 Å². The Balaban J connectivity index is 1.90. The van der Waals surface area contributed by atoms with Gasteiger partial charge in [0.05, 0.1) is 12.0 Å². The lowest BCUT2D eigenvalue weighted by Gasteiger charge is -2.20. The van der Waals surface area contributed by atoms with Crippen LogP contribution in [0.4, 0.5) is 4.39 Å². The third-order valence-corrected chi connectivity index (χ3v) is 3.80. The van der Waals surface area contributed by atoms with Gasteiger partial charge in [-0.05, 0) is 37.5 Å². The summed E-state index contributed by atoms with van der Waals surface area (Å²) in [5.74, 6) is -0.916. The van der Waals surface area contributed by atoms with Crippen molar-refractivity contribution >= 4 is 5.91 Å². The van der Waals surface area contributed by atoms with E-state index in [0.29, 0.717) is 13.0 Å². The maximum absolute atomic E-state index is 12.9. The number of carbonyl (C=O) groups is 1. The number of hydrogen-bond acceptors (Lipinski definition) is 3. The molecule has 0 spiro atoms. The minimum Gasteiger partial charge on any atom is -0.377 e. The molecule has 2 rings (SSSR count). The van der Waals surface area contributed by atoms with Crippen molar-refractivity contribution in [3.05, 3.63) is 35.6 Å². The molecule has 1 aromatic carbocycles. The predicted molar refractivity (Wildman–Crippen MR) is 74.6 cm³/mol. The number of hydrogen-bond donors (Lipinski definition) is 2. The molecule has 0 bridgehead atoms. The number of benzene rings is 1. The van der Waals surface area contributed by atoms with Crippen LogP contribution in [-0.2, 0) is 16.0 Å².